The molecule has 0 radical (unpaired) electrons. The summed E-state index contributed by atoms with van der Waals surface area (Å²) in [6.45, 7) is 2.24. The largest absolute Gasteiger partial charge is 0.508 e. The second-order valence-corrected chi connectivity index (χ2v) is 8.25. The molecule has 2 fully saturated rings. The average Bonchev–Trinajstić information content (AvgIpc) is 3.11. The lowest BCUT2D eigenvalue weighted by Crippen LogP contribution is -2.33. The van der Waals surface area contributed by atoms with E-state index in [0.717, 1.165) is 18.7 Å². The van der Waals surface area contributed by atoms with Crippen LogP contribution in [-0.2, 0) is 6.42 Å². The van der Waals surface area contributed by atoms with Gasteiger partial charge in [0.05, 0.1) is 11.7 Å². The Morgan fingerprint density at radius 1 is 1.04 bits per heavy atom. The van der Waals surface area contributed by atoms with Gasteiger partial charge in [-0.25, -0.2) is 4.39 Å². The number of phenolic OH excluding ortho intramolecular Hbond substituents is 1. The van der Waals surface area contributed by atoms with Crippen molar-refractivity contribution in [2.75, 3.05) is 19.6 Å². The quantitative estimate of drug-likeness (QED) is 0.756. The number of hydrogen-bond acceptors (Lipinski definition) is 4. The van der Waals surface area contributed by atoms with Gasteiger partial charge in [-0.1, -0.05) is 30.3 Å². The summed E-state index contributed by atoms with van der Waals surface area (Å²) < 4.78 is 13.9. The highest BCUT2D eigenvalue weighted by Gasteiger charge is 2.48. The molecule has 1 aliphatic carbocycles. The van der Waals surface area contributed by atoms with Gasteiger partial charge in [0.15, 0.2) is 0 Å². The van der Waals surface area contributed by atoms with Gasteiger partial charge in [-0.3, -0.25) is 4.90 Å². The molecule has 1 heterocycles. The molecule has 3 N–H and O–H groups in total. The topological polar surface area (TPSA) is 63.9 Å². The van der Waals surface area contributed by atoms with Crippen molar-refractivity contribution in [1.82, 2.24) is 4.90 Å². The Hall–Kier alpha value is -1.95. The third-order valence-electron chi connectivity index (χ3n) is 6.12. The minimum Gasteiger partial charge on any atom is -0.508 e. The molecule has 4 nitrogen and oxygen atoms in total. The van der Waals surface area contributed by atoms with Crippen molar-refractivity contribution < 1.29 is 19.7 Å². The highest BCUT2D eigenvalue weighted by molar-refractivity contribution is 5.27. The Bertz CT molecular complexity index is 780. The van der Waals surface area contributed by atoms with E-state index in [-0.39, 0.29) is 11.6 Å². The molecule has 0 aromatic heterocycles. The Kier molecular flexibility index (Phi) is 4.93. The van der Waals surface area contributed by atoms with Crippen LogP contribution in [0.1, 0.15) is 30.1 Å². The third-order valence-corrected chi connectivity index (χ3v) is 6.12. The Labute approximate surface area is 158 Å². The summed E-state index contributed by atoms with van der Waals surface area (Å²) >= 11 is 0. The van der Waals surface area contributed by atoms with E-state index >= 15 is 0 Å². The fraction of sp³-hybridized carbons (Fsp3) is 0.455. The summed E-state index contributed by atoms with van der Waals surface area (Å²) in [6, 6.07) is 13.3. The number of benzene rings is 2. The van der Waals surface area contributed by atoms with Crippen molar-refractivity contribution in [2.45, 2.75) is 31.0 Å². The molecule has 1 saturated carbocycles. The number of aliphatic hydroxyl groups is 2. The minimum atomic E-state index is -0.834. The van der Waals surface area contributed by atoms with E-state index in [0.29, 0.717) is 43.2 Å². The molecular formula is C22H26FNO3. The average molecular weight is 371 g/mol. The molecule has 4 rings (SSSR count). The summed E-state index contributed by atoms with van der Waals surface area (Å²) in [6.07, 6.45) is 1.13. The number of β-amino-alcohol motifs (C(OH)–C–C–N with tert-alkyl or cyclic N) is 1. The highest BCUT2D eigenvalue weighted by atomic mass is 19.1. The Balaban J connectivity index is 1.34. The smallest absolute Gasteiger partial charge is 0.126 e. The van der Waals surface area contributed by atoms with Crippen LogP contribution >= 0.6 is 0 Å². The maximum Gasteiger partial charge on any atom is 0.126 e. The van der Waals surface area contributed by atoms with Crippen LogP contribution in [0.25, 0.3) is 0 Å². The Morgan fingerprint density at radius 2 is 1.67 bits per heavy atom. The van der Waals surface area contributed by atoms with Crippen LogP contribution in [0.3, 0.4) is 0 Å². The number of fused-ring (bicyclic) bond motifs is 1. The predicted octanol–water partition coefficient (Wildman–Crippen LogP) is 2.88. The second kappa shape index (κ2) is 7.23. The SMILES string of the molecule is Oc1ccc(C(O)CN2C[C@@H]3CC(O)(Cc4ccccc4F)C[C@@H]3C2)cc1. The first-order valence-electron chi connectivity index (χ1n) is 9.57. The van der Waals surface area contributed by atoms with Gasteiger partial charge < -0.3 is 15.3 Å². The van der Waals surface area contributed by atoms with Gasteiger partial charge in [0.1, 0.15) is 11.6 Å². The van der Waals surface area contributed by atoms with E-state index in [2.05, 4.69) is 4.90 Å². The lowest BCUT2D eigenvalue weighted by Gasteiger charge is -2.27. The Morgan fingerprint density at radius 3 is 2.30 bits per heavy atom. The number of hydrogen-bond donors (Lipinski definition) is 3. The number of aliphatic hydroxyl groups excluding tert-OH is 1. The van der Waals surface area contributed by atoms with Crippen LogP contribution in [0.4, 0.5) is 4.39 Å². The van der Waals surface area contributed by atoms with Crippen molar-refractivity contribution in [3.05, 3.63) is 65.5 Å². The fourth-order valence-corrected chi connectivity index (χ4v) is 4.89. The number of likely N-dealkylation sites (tertiary alicyclic amines) is 1. The molecule has 0 bridgehead atoms. The number of nitrogens with zero attached hydrogens (tertiary/aromatic N) is 1. The second-order valence-electron chi connectivity index (χ2n) is 8.25. The van der Waals surface area contributed by atoms with Crippen LogP contribution in [0, 0.1) is 17.7 Å². The molecule has 1 aliphatic heterocycles. The molecule has 2 aromatic rings. The van der Waals surface area contributed by atoms with E-state index in [1.807, 2.05) is 6.07 Å². The summed E-state index contributed by atoms with van der Waals surface area (Å²) in [5.41, 5.74) is 0.541. The van der Waals surface area contributed by atoms with E-state index in [4.69, 9.17) is 0 Å². The summed E-state index contributed by atoms with van der Waals surface area (Å²) in [7, 11) is 0. The lowest BCUT2D eigenvalue weighted by atomic mass is 9.91. The van der Waals surface area contributed by atoms with Crippen LogP contribution in [0.5, 0.6) is 5.75 Å². The maximum absolute atomic E-state index is 13.9. The van der Waals surface area contributed by atoms with Crippen LogP contribution in [0.15, 0.2) is 48.5 Å². The number of aromatic hydroxyl groups is 1. The van der Waals surface area contributed by atoms with Gasteiger partial charge in [0, 0.05) is 26.1 Å². The van der Waals surface area contributed by atoms with Crippen molar-refractivity contribution in [3.8, 4) is 5.75 Å². The van der Waals surface area contributed by atoms with Crippen molar-refractivity contribution in [2.24, 2.45) is 11.8 Å². The molecule has 0 spiro atoms. The first-order chi connectivity index (χ1) is 12.9. The molecule has 2 aromatic carbocycles. The molecule has 5 heteroatoms. The van der Waals surface area contributed by atoms with Crippen molar-refractivity contribution in [3.63, 3.8) is 0 Å². The molecule has 144 valence electrons. The third kappa shape index (κ3) is 4.00. The summed E-state index contributed by atoms with van der Waals surface area (Å²) in [5, 5.41) is 30.8. The zero-order valence-electron chi connectivity index (χ0n) is 15.3. The first-order valence-corrected chi connectivity index (χ1v) is 9.57. The number of rotatable bonds is 5. The van der Waals surface area contributed by atoms with Gasteiger partial charge in [-0.15, -0.1) is 0 Å². The van der Waals surface area contributed by atoms with Crippen molar-refractivity contribution in [1.29, 1.82) is 0 Å². The predicted molar refractivity (Wildman–Crippen MR) is 101 cm³/mol. The van der Waals surface area contributed by atoms with Crippen LogP contribution in [-0.4, -0.2) is 45.5 Å². The first kappa shape index (κ1) is 18.4. The maximum atomic E-state index is 13.9. The molecule has 4 atom stereocenters. The summed E-state index contributed by atoms with van der Waals surface area (Å²) in [4.78, 5) is 2.25. The van der Waals surface area contributed by atoms with Crippen molar-refractivity contribution >= 4 is 0 Å². The van der Waals surface area contributed by atoms with Gasteiger partial charge in [0.2, 0.25) is 0 Å². The molecule has 0 amide bonds. The van der Waals surface area contributed by atoms with E-state index in [1.165, 1.54) is 6.07 Å². The molecule has 2 aliphatic rings. The van der Waals surface area contributed by atoms with Gasteiger partial charge >= 0.3 is 0 Å². The van der Waals surface area contributed by atoms with Gasteiger partial charge in [0.25, 0.3) is 0 Å². The van der Waals surface area contributed by atoms with Crippen LogP contribution in [0.2, 0.25) is 0 Å². The number of phenols is 1. The molecule has 27 heavy (non-hydrogen) atoms. The van der Waals surface area contributed by atoms with Crippen LogP contribution < -0.4 is 0 Å². The molecule has 2 unspecified atom stereocenters. The van der Waals surface area contributed by atoms with E-state index in [1.54, 1.807) is 36.4 Å². The van der Waals surface area contributed by atoms with Gasteiger partial charge in [-0.05, 0) is 54.0 Å². The number of halogens is 1. The van der Waals surface area contributed by atoms with E-state index in [9.17, 15) is 19.7 Å². The normalized spacial score (nSPS) is 29.0. The fourth-order valence-electron chi connectivity index (χ4n) is 4.89. The van der Waals surface area contributed by atoms with Gasteiger partial charge in [-0.2, -0.15) is 0 Å². The lowest BCUT2D eigenvalue weighted by molar-refractivity contribution is 0.0321. The molecular weight excluding hydrogens is 345 g/mol. The highest BCUT2D eigenvalue weighted by Crippen LogP contribution is 2.45. The summed E-state index contributed by atoms with van der Waals surface area (Å²) in [5.74, 6) is 0.708. The standard InChI is InChI=1S/C22H26FNO3/c23-20-4-2-1-3-16(20)9-22(27)10-17-12-24(13-18(17)11-22)14-21(26)15-5-7-19(25)8-6-15/h1-8,17-18,21,25-27H,9-14H2/t17-,18+,21?,22?. The monoisotopic (exact) mass is 371 g/mol. The zero-order chi connectivity index (χ0) is 19.0. The molecule has 1 saturated heterocycles. The zero-order valence-corrected chi connectivity index (χ0v) is 15.3. The van der Waals surface area contributed by atoms with E-state index < -0.39 is 11.7 Å². The minimum absolute atomic E-state index is 0.191.